The lowest BCUT2D eigenvalue weighted by atomic mass is 9.90. The Morgan fingerprint density at radius 3 is 2.25 bits per heavy atom. The number of hydrogen-bond acceptors (Lipinski definition) is 3. The fourth-order valence-corrected chi connectivity index (χ4v) is 2.07. The molecule has 2 rings (SSSR count). The van der Waals surface area contributed by atoms with Gasteiger partial charge < -0.3 is 4.74 Å². The molecule has 0 spiro atoms. The molecule has 1 aliphatic heterocycles. The van der Waals surface area contributed by atoms with Gasteiger partial charge in [0.15, 0.2) is 0 Å². The quantitative estimate of drug-likeness (QED) is 0.536. The van der Waals surface area contributed by atoms with Crippen molar-refractivity contribution in [2.24, 2.45) is 0 Å². The summed E-state index contributed by atoms with van der Waals surface area (Å²) in [6.07, 6.45) is 0.169. The van der Waals surface area contributed by atoms with Crippen molar-refractivity contribution >= 4 is 11.9 Å². The molecule has 3 heteroatoms. The molecular formula is C13H14O3. The maximum absolute atomic E-state index is 11.5. The van der Waals surface area contributed by atoms with Gasteiger partial charge >= 0.3 is 11.9 Å². The van der Waals surface area contributed by atoms with Crippen LogP contribution in [0.4, 0.5) is 0 Å². The number of hydrogen-bond donors (Lipinski definition) is 0. The highest BCUT2D eigenvalue weighted by atomic mass is 16.6. The molecule has 0 amide bonds. The van der Waals surface area contributed by atoms with Crippen molar-refractivity contribution in [1.29, 1.82) is 0 Å². The van der Waals surface area contributed by atoms with Crippen molar-refractivity contribution in [3.63, 3.8) is 0 Å². The van der Waals surface area contributed by atoms with Crippen LogP contribution in [-0.2, 0) is 14.3 Å². The second kappa shape index (κ2) is 3.74. The van der Waals surface area contributed by atoms with Gasteiger partial charge in [0.05, 0.1) is 12.3 Å². The maximum atomic E-state index is 11.5. The minimum absolute atomic E-state index is 0.169. The number of carbonyl (C=O) groups excluding carboxylic acids is 2. The normalized spacial score (nSPS) is 20.1. The molecule has 1 unspecified atom stereocenters. The van der Waals surface area contributed by atoms with E-state index in [1.54, 1.807) is 0 Å². The SMILES string of the molecule is Cc1cc(C)c(C2CC(=O)OC2=O)cc1C. The highest BCUT2D eigenvalue weighted by molar-refractivity contribution is 5.98. The zero-order valence-corrected chi connectivity index (χ0v) is 9.66. The highest BCUT2D eigenvalue weighted by Gasteiger charge is 2.35. The minimum Gasteiger partial charge on any atom is -0.393 e. The van der Waals surface area contributed by atoms with Crippen LogP contribution in [0, 0.1) is 20.8 Å². The fraction of sp³-hybridized carbons (Fsp3) is 0.385. The van der Waals surface area contributed by atoms with Crippen LogP contribution in [0.5, 0.6) is 0 Å². The third kappa shape index (κ3) is 1.73. The summed E-state index contributed by atoms with van der Waals surface area (Å²) in [4.78, 5) is 22.5. The van der Waals surface area contributed by atoms with Gasteiger partial charge in [-0.15, -0.1) is 0 Å². The molecule has 0 radical (unpaired) electrons. The first kappa shape index (κ1) is 10.9. The maximum Gasteiger partial charge on any atom is 0.321 e. The van der Waals surface area contributed by atoms with Crippen LogP contribution in [-0.4, -0.2) is 11.9 Å². The lowest BCUT2D eigenvalue weighted by molar-refractivity contribution is -0.152. The summed E-state index contributed by atoms with van der Waals surface area (Å²) in [7, 11) is 0. The average molecular weight is 218 g/mol. The predicted molar refractivity (Wildman–Crippen MR) is 59.1 cm³/mol. The molecule has 0 bridgehead atoms. The summed E-state index contributed by atoms with van der Waals surface area (Å²) < 4.78 is 4.58. The van der Waals surface area contributed by atoms with E-state index in [1.807, 2.05) is 32.9 Å². The van der Waals surface area contributed by atoms with E-state index >= 15 is 0 Å². The number of esters is 2. The smallest absolute Gasteiger partial charge is 0.321 e. The molecule has 84 valence electrons. The molecule has 0 saturated carbocycles. The standard InChI is InChI=1S/C13H14O3/c1-7-4-9(3)10(5-8(7)2)11-6-12(14)16-13(11)15/h4-5,11H,6H2,1-3H3. The van der Waals surface area contributed by atoms with Gasteiger partial charge in [-0.3, -0.25) is 9.59 Å². The van der Waals surface area contributed by atoms with E-state index in [9.17, 15) is 9.59 Å². The Kier molecular flexibility index (Phi) is 2.54. The molecule has 0 aromatic heterocycles. The second-order valence-electron chi connectivity index (χ2n) is 4.34. The summed E-state index contributed by atoms with van der Waals surface area (Å²) in [5.41, 5.74) is 4.28. The highest BCUT2D eigenvalue weighted by Crippen LogP contribution is 2.31. The van der Waals surface area contributed by atoms with Crippen LogP contribution in [0.2, 0.25) is 0 Å². The topological polar surface area (TPSA) is 43.4 Å². The van der Waals surface area contributed by atoms with Crippen LogP contribution in [0.3, 0.4) is 0 Å². The summed E-state index contributed by atoms with van der Waals surface area (Å²) in [5, 5.41) is 0. The molecule has 1 aromatic carbocycles. The van der Waals surface area contributed by atoms with Crippen molar-refractivity contribution in [1.82, 2.24) is 0 Å². The third-order valence-corrected chi connectivity index (χ3v) is 3.13. The molecule has 1 heterocycles. The summed E-state index contributed by atoms with van der Waals surface area (Å²) in [6, 6.07) is 4.02. The van der Waals surface area contributed by atoms with Gasteiger partial charge in [0.2, 0.25) is 0 Å². The van der Waals surface area contributed by atoms with E-state index < -0.39 is 17.9 Å². The van der Waals surface area contributed by atoms with Gasteiger partial charge in [-0.05, 0) is 43.0 Å². The first-order valence-electron chi connectivity index (χ1n) is 5.31. The predicted octanol–water partition coefficient (Wildman–Crippen LogP) is 2.17. The van der Waals surface area contributed by atoms with Crippen LogP contribution in [0.15, 0.2) is 12.1 Å². The molecule has 16 heavy (non-hydrogen) atoms. The molecule has 1 atom stereocenters. The van der Waals surface area contributed by atoms with Crippen LogP contribution >= 0.6 is 0 Å². The number of carbonyl (C=O) groups is 2. The van der Waals surface area contributed by atoms with Gasteiger partial charge in [-0.25, -0.2) is 0 Å². The number of rotatable bonds is 1. The van der Waals surface area contributed by atoms with E-state index in [2.05, 4.69) is 4.74 Å². The summed E-state index contributed by atoms with van der Waals surface area (Å²) in [5.74, 6) is -1.25. The van der Waals surface area contributed by atoms with E-state index in [-0.39, 0.29) is 6.42 Å². The van der Waals surface area contributed by atoms with Gasteiger partial charge in [0.25, 0.3) is 0 Å². The van der Waals surface area contributed by atoms with Gasteiger partial charge in [0.1, 0.15) is 0 Å². The Labute approximate surface area is 94.4 Å². The largest absolute Gasteiger partial charge is 0.393 e. The Balaban J connectivity index is 2.45. The average Bonchev–Trinajstić information content (AvgIpc) is 2.51. The minimum atomic E-state index is -0.423. The fourth-order valence-electron chi connectivity index (χ4n) is 2.07. The van der Waals surface area contributed by atoms with Crippen LogP contribution in [0.1, 0.15) is 34.6 Å². The van der Waals surface area contributed by atoms with Gasteiger partial charge in [-0.2, -0.15) is 0 Å². The van der Waals surface area contributed by atoms with Crippen molar-refractivity contribution < 1.29 is 14.3 Å². The molecule has 1 saturated heterocycles. The molecule has 1 aliphatic rings. The first-order chi connectivity index (χ1) is 7.49. The Bertz CT molecular complexity index is 474. The van der Waals surface area contributed by atoms with E-state index in [4.69, 9.17) is 0 Å². The van der Waals surface area contributed by atoms with Crippen molar-refractivity contribution in [2.45, 2.75) is 33.1 Å². The third-order valence-electron chi connectivity index (χ3n) is 3.13. The molecule has 0 aliphatic carbocycles. The Morgan fingerprint density at radius 1 is 1.06 bits per heavy atom. The van der Waals surface area contributed by atoms with E-state index in [0.717, 1.165) is 16.7 Å². The zero-order valence-electron chi connectivity index (χ0n) is 9.66. The van der Waals surface area contributed by atoms with Crippen LogP contribution in [0.25, 0.3) is 0 Å². The zero-order chi connectivity index (χ0) is 11.9. The number of cyclic esters (lactones) is 2. The molecule has 3 nitrogen and oxygen atoms in total. The van der Waals surface area contributed by atoms with Crippen molar-refractivity contribution in [3.8, 4) is 0 Å². The Morgan fingerprint density at radius 2 is 1.69 bits per heavy atom. The monoisotopic (exact) mass is 218 g/mol. The van der Waals surface area contributed by atoms with Crippen molar-refractivity contribution in [2.75, 3.05) is 0 Å². The van der Waals surface area contributed by atoms with Crippen molar-refractivity contribution in [3.05, 3.63) is 34.4 Å². The second-order valence-corrected chi connectivity index (χ2v) is 4.34. The van der Waals surface area contributed by atoms with E-state index in [0.29, 0.717) is 0 Å². The molecule has 1 aromatic rings. The number of benzene rings is 1. The lowest BCUT2D eigenvalue weighted by Crippen LogP contribution is -2.08. The van der Waals surface area contributed by atoms with Crippen LogP contribution < -0.4 is 0 Å². The van der Waals surface area contributed by atoms with E-state index in [1.165, 1.54) is 5.56 Å². The van der Waals surface area contributed by atoms with Gasteiger partial charge in [0, 0.05) is 0 Å². The summed E-state index contributed by atoms with van der Waals surface area (Å²) >= 11 is 0. The van der Waals surface area contributed by atoms with Gasteiger partial charge in [-0.1, -0.05) is 12.1 Å². The number of ether oxygens (including phenoxy) is 1. The molecular weight excluding hydrogens is 204 g/mol. The first-order valence-corrected chi connectivity index (χ1v) is 5.31. The molecule has 0 N–H and O–H groups in total. The number of aryl methyl sites for hydroxylation is 3. The Hall–Kier alpha value is -1.64. The summed E-state index contributed by atoms with van der Waals surface area (Å²) in [6.45, 7) is 5.99. The molecule has 1 fully saturated rings. The lowest BCUT2D eigenvalue weighted by Gasteiger charge is -2.12.